The molecule has 2 heterocycles. The average Bonchev–Trinajstić information content (AvgIpc) is 2.75. The minimum Gasteiger partial charge on any atom is -0.396 e. The van der Waals surface area contributed by atoms with Crippen LogP contribution in [0.15, 0.2) is 6.20 Å². The van der Waals surface area contributed by atoms with Gasteiger partial charge in [-0.25, -0.2) is 0 Å². The summed E-state index contributed by atoms with van der Waals surface area (Å²) in [5.74, 6) is 0.112. The first-order valence-corrected chi connectivity index (χ1v) is 5.47. The number of aromatic nitrogens is 3. The minimum absolute atomic E-state index is 0.0914. The number of rotatable bonds is 2. The fraction of sp³-hybridized carbons (Fsp3) is 0.700. The number of carbonyl (C=O) groups excluding carboxylic acids is 1. The van der Waals surface area contributed by atoms with Gasteiger partial charge in [0.15, 0.2) is 5.69 Å². The summed E-state index contributed by atoms with van der Waals surface area (Å²) in [4.78, 5) is 13.7. The largest absolute Gasteiger partial charge is 0.396 e. The van der Waals surface area contributed by atoms with Gasteiger partial charge in [0.05, 0.1) is 6.20 Å². The van der Waals surface area contributed by atoms with Gasteiger partial charge in [-0.15, -0.1) is 5.10 Å². The van der Waals surface area contributed by atoms with E-state index < -0.39 is 0 Å². The van der Waals surface area contributed by atoms with Crippen LogP contribution in [-0.2, 0) is 7.05 Å². The van der Waals surface area contributed by atoms with Crippen LogP contribution in [0, 0.1) is 5.92 Å². The van der Waals surface area contributed by atoms with Crippen molar-refractivity contribution < 1.29 is 9.90 Å². The molecular formula is C10H16N4O2. The van der Waals surface area contributed by atoms with E-state index in [1.165, 1.54) is 4.68 Å². The molecule has 0 radical (unpaired) electrons. The van der Waals surface area contributed by atoms with Gasteiger partial charge in [-0.05, 0) is 18.8 Å². The first-order chi connectivity index (χ1) is 7.70. The fourth-order valence-electron chi connectivity index (χ4n) is 2.01. The maximum atomic E-state index is 12.0. The molecule has 2 rings (SSSR count). The number of carbonyl (C=O) groups is 1. The van der Waals surface area contributed by atoms with Gasteiger partial charge in [-0.1, -0.05) is 5.21 Å². The zero-order valence-electron chi connectivity index (χ0n) is 9.33. The number of piperidine rings is 1. The van der Waals surface area contributed by atoms with E-state index >= 15 is 0 Å². The Morgan fingerprint density at radius 1 is 1.69 bits per heavy atom. The third-order valence-corrected chi connectivity index (χ3v) is 2.89. The van der Waals surface area contributed by atoms with Gasteiger partial charge in [0.1, 0.15) is 0 Å². The summed E-state index contributed by atoms with van der Waals surface area (Å²) in [7, 11) is 1.73. The van der Waals surface area contributed by atoms with Gasteiger partial charge in [-0.3, -0.25) is 9.48 Å². The van der Waals surface area contributed by atoms with Crippen LogP contribution in [0.4, 0.5) is 0 Å². The lowest BCUT2D eigenvalue weighted by Crippen LogP contribution is -2.41. The summed E-state index contributed by atoms with van der Waals surface area (Å²) < 4.78 is 1.51. The Balaban J connectivity index is 2.04. The Labute approximate surface area is 93.9 Å². The Morgan fingerprint density at radius 3 is 3.12 bits per heavy atom. The molecule has 1 fully saturated rings. The third kappa shape index (κ3) is 2.21. The fourth-order valence-corrected chi connectivity index (χ4v) is 2.01. The van der Waals surface area contributed by atoms with Crippen LogP contribution in [0.25, 0.3) is 0 Å². The molecule has 16 heavy (non-hydrogen) atoms. The van der Waals surface area contributed by atoms with E-state index in [-0.39, 0.29) is 18.4 Å². The van der Waals surface area contributed by atoms with Crippen molar-refractivity contribution in [1.29, 1.82) is 0 Å². The maximum Gasteiger partial charge on any atom is 0.276 e. The van der Waals surface area contributed by atoms with Crippen molar-refractivity contribution in [1.82, 2.24) is 19.9 Å². The second-order valence-electron chi connectivity index (χ2n) is 4.22. The topological polar surface area (TPSA) is 71.2 Å². The highest BCUT2D eigenvalue weighted by Gasteiger charge is 2.25. The average molecular weight is 224 g/mol. The Kier molecular flexibility index (Phi) is 3.19. The Morgan fingerprint density at radius 2 is 2.50 bits per heavy atom. The number of nitrogens with zero attached hydrogens (tertiary/aromatic N) is 4. The van der Waals surface area contributed by atoms with Crippen LogP contribution in [0.5, 0.6) is 0 Å². The van der Waals surface area contributed by atoms with Gasteiger partial charge in [0.2, 0.25) is 0 Å². The summed E-state index contributed by atoms with van der Waals surface area (Å²) in [6.07, 6.45) is 3.54. The molecule has 0 spiro atoms. The Hall–Kier alpha value is -1.43. The van der Waals surface area contributed by atoms with Crippen molar-refractivity contribution in [3.63, 3.8) is 0 Å². The number of amides is 1. The number of hydrogen-bond donors (Lipinski definition) is 1. The zero-order valence-corrected chi connectivity index (χ0v) is 9.33. The van der Waals surface area contributed by atoms with Crippen LogP contribution < -0.4 is 0 Å². The molecule has 6 nitrogen and oxygen atoms in total. The Bertz CT molecular complexity index is 377. The molecule has 1 N–H and O–H groups in total. The summed E-state index contributed by atoms with van der Waals surface area (Å²) in [5, 5.41) is 16.6. The quantitative estimate of drug-likeness (QED) is 0.746. The highest BCUT2D eigenvalue weighted by Crippen LogP contribution is 2.17. The molecule has 1 aliphatic rings. The van der Waals surface area contributed by atoms with Crippen LogP contribution >= 0.6 is 0 Å². The molecular weight excluding hydrogens is 208 g/mol. The minimum atomic E-state index is -0.0914. The molecule has 88 valence electrons. The van der Waals surface area contributed by atoms with Gasteiger partial charge in [0, 0.05) is 26.7 Å². The van der Waals surface area contributed by atoms with E-state index in [0.717, 1.165) is 19.4 Å². The van der Waals surface area contributed by atoms with Crippen LogP contribution in [0.2, 0.25) is 0 Å². The van der Waals surface area contributed by atoms with Gasteiger partial charge < -0.3 is 10.0 Å². The molecule has 1 saturated heterocycles. The molecule has 6 heteroatoms. The number of likely N-dealkylation sites (tertiary alicyclic amines) is 1. The molecule has 0 aliphatic carbocycles. The number of aliphatic hydroxyl groups is 1. The van der Waals surface area contributed by atoms with E-state index in [1.807, 2.05) is 0 Å². The van der Waals surface area contributed by atoms with Gasteiger partial charge in [-0.2, -0.15) is 0 Å². The van der Waals surface area contributed by atoms with Gasteiger partial charge in [0.25, 0.3) is 5.91 Å². The van der Waals surface area contributed by atoms with Crippen LogP contribution in [0.1, 0.15) is 23.3 Å². The third-order valence-electron chi connectivity index (χ3n) is 2.89. The van der Waals surface area contributed by atoms with E-state index in [2.05, 4.69) is 10.3 Å². The van der Waals surface area contributed by atoms with Crippen LogP contribution in [-0.4, -0.2) is 50.6 Å². The zero-order chi connectivity index (χ0) is 11.5. The SMILES string of the molecule is Cn1cc(C(=O)N2CCC[C@H](CO)C2)nn1. The molecule has 0 aromatic carbocycles. The molecule has 1 aromatic rings. The highest BCUT2D eigenvalue weighted by atomic mass is 16.3. The van der Waals surface area contributed by atoms with Crippen molar-refractivity contribution in [3.05, 3.63) is 11.9 Å². The predicted molar refractivity (Wildman–Crippen MR) is 56.7 cm³/mol. The van der Waals surface area contributed by atoms with Gasteiger partial charge >= 0.3 is 0 Å². The second kappa shape index (κ2) is 4.61. The standard InChI is InChI=1S/C10H16N4O2/c1-13-6-9(11-12-13)10(16)14-4-2-3-8(5-14)7-15/h6,8,15H,2-5,7H2,1H3/t8-/m0/s1. The summed E-state index contributed by atoms with van der Waals surface area (Å²) in [6, 6.07) is 0. The van der Waals surface area contributed by atoms with Crippen molar-refractivity contribution in [2.45, 2.75) is 12.8 Å². The highest BCUT2D eigenvalue weighted by molar-refractivity contribution is 5.91. The number of aliphatic hydroxyl groups excluding tert-OH is 1. The van der Waals surface area contributed by atoms with Crippen LogP contribution in [0.3, 0.4) is 0 Å². The molecule has 0 unspecified atom stereocenters. The predicted octanol–water partition coefficient (Wildman–Crippen LogP) is -0.340. The summed E-state index contributed by atoms with van der Waals surface area (Å²) in [5.41, 5.74) is 0.376. The molecule has 0 bridgehead atoms. The smallest absolute Gasteiger partial charge is 0.276 e. The summed E-state index contributed by atoms with van der Waals surface area (Å²) >= 11 is 0. The molecule has 0 saturated carbocycles. The lowest BCUT2D eigenvalue weighted by molar-refractivity contribution is 0.0615. The monoisotopic (exact) mass is 224 g/mol. The first kappa shape index (κ1) is 11.1. The van der Waals surface area contributed by atoms with Crippen molar-refractivity contribution in [3.8, 4) is 0 Å². The number of hydrogen-bond acceptors (Lipinski definition) is 4. The van der Waals surface area contributed by atoms with Crippen molar-refractivity contribution in [2.24, 2.45) is 13.0 Å². The molecule has 1 atom stereocenters. The van der Waals surface area contributed by atoms with E-state index in [4.69, 9.17) is 5.11 Å². The van der Waals surface area contributed by atoms with Crippen molar-refractivity contribution in [2.75, 3.05) is 19.7 Å². The summed E-state index contributed by atoms with van der Waals surface area (Å²) in [6.45, 7) is 1.50. The second-order valence-corrected chi connectivity index (χ2v) is 4.22. The van der Waals surface area contributed by atoms with E-state index in [9.17, 15) is 4.79 Å². The molecule has 1 amide bonds. The lowest BCUT2D eigenvalue weighted by Gasteiger charge is -2.31. The molecule has 1 aromatic heterocycles. The van der Waals surface area contributed by atoms with E-state index in [0.29, 0.717) is 12.2 Å². The first-order valence-electron chi connectivity index (χ1n) is 5.47. The van der Waals surface area contributed by atoms with Crippen molar-refractivity contribution >= 4 is 5.91 Å². The normalized spacial score (nSPS) is 21.1. The maximum absolute atomic E-state index is 12.0. The molecule has 1 aliphatic heterocycles. The lowest BCUT2D eigenvalue weighted by atomic mass is 9.99. The van der Waals surface area contributed by atoms with E-state index in [1.54, 1.807) is 18.1 Å². The number of aryl methyl sites for hydroxylation is 1.